The lowest BCUT2D eigenvalue weighted by Gasteiger charge is -2.32. The van der Waals surface area contributed by atoms with E-state index in [0.717, 1.165) is 27.8 Å². The average Bonchev–Trinajstić information content (AvgIpc) is 2.91. The van der Waals surface area contributed by atoms with Crippen LogP contribution in [-0.4, -0.2) is 16.7 Å². The summed E-state index contributed by atoms with van der Waals surface area (Å²) in [5, 5.41) is 4.26. The van der Waals surface area contributed by atoms with Crippen molar-refractivity contribution in [1.82, 2.24) is 10.2 Å². The molecule has 0 aromatic heterocycles. The SMILES string of the molecule is Cc1ccc(CNC(=O)[C@H](c2ccccc2)N(Cc2ccc(Cl)cc2)C(=O)Cc2ccc(Cl)cc2)cc1. The summed E-state index contributed by atoms with van der Waals surface area (Å²) in [5.41, 5.74) is 4.58. The van der Waals surface area contributed by atoms with E-state index in [1.807, 2.05) is 85.8 Å². The third kappa shape index (κ3) is 7.45. The van der Waals surface area contributed by atoms with Crippen LogP contribution in [0.3, 0.4) is 0 Å². The molecule has 0 radical (unpaired) electrons. The quantitative estimate of drug-likeness (QED) is 0.255. The largest absolute Gasteiger partial charge is 0.350 e. The highest BCUT2D eigenvalue weighted by Crippen LogP contribution is 2.26. The van der Waals surface area contributed by atoms with Gasteiger partial charge in [-0.05, 0) is 53.4 Å². The van der Waals surface area contributed by atoms with Gasteiger partial charge in [-0.3, -0.25) is 9.59 Å². The van der Waals surface area contributed by atoms with Crippen LogP contribution in [0.1, 0.15) is 33.9 Å². The fourth-order valence-electron chi connectivity index (χ4n) is 4.09. The molecular weight excluding hydrogens is 503 g/mol. The number of benzene rings is 4. The first-order valence-electron chi connectivity index (χ1n) is 12.1. The van der Waals surface area contributed by atoms with Crippen molar-refractivity contribution in [3.05, 3.63) is 141 Å². The Balaban J connectivity index is 1.66. The van der Waals surface area contributed by atoms with Gasteiger partial charge in [0, 0.05) is 23.1 Å². The Labute approximate surface area is 227 Å². The van der Waals surface area contributed by atoms with E-state index < -0.39 is 6.04 Å². The van der Waals surface area contributed by atoms with Gasteiger partial charge in [0.2, 0.25) is 11.8 Å². The molecule has 0 spiro atoms. The van der Waals surface area contributed by atoms with Gasteiger partial charge in [-0.1, -0.05) is 108 Å². The molecule has 0 saturated carbocycles. The molecule has 0 saturated heterocycles. The Morgan fingerprint density at radius 3 is 1.86 bits per heavy atom. The van der Waals surface area contributed by atoms with E-state index in [9.17, 15) is 9.59 Å². The number of nitrogens with zero attached hydrogens (tertiary/aromatic N) is 1. The second-order valence-corrected chi connectivity index (χ2v) is 9.84. The zero-order valence-corrected chi connectivity index (χ0v) is 22.0. The van der Waals surface area contributed by atoms with Crippen molar-refractivity contribution >= 4 is 35.0 Å². The molecule has 4 aromatic carbocycles. The summed E-state index contributed by atoms with van der Waals surface area (Å²) in [5.74, 6) is -0.415. The van der Waals surface area contributed by atoms with Crippen LogP contribution in [-0.2, 0) is 29.1 Å². The van der Waals surface area contributed by atoms with Crippen LogP contribution >= 0.6 is 23.2 Å². The lowest BCUT2D eigenvalue weighted by Crippen LogP contribution is -2.43. The summed E-state index contributed by atoms with van der Waals surface area (Å²) in [6.07, 6.45) is 0.138. The average molecular weight is 531 g/mol. The predicted molar refractivity (Wildman–Crippen MR) is 149 cm³/mol. The van der Waals surface area contributed by atoms with E-state index in [-0.39, 0.29) is 24.8 Å². The van der Waals surface area contributed by atoms with Gasteiger partial charge in [0.1, 0.15) is 6.04 Å². The molecule has 0 heterocycles. The van der Waals surface area contributed by atoms with Gasteiger partial charge in [0.15, 0.2) is 0 Å². The number of carbonyl (C=O) groups is 2. The normalized spacial score (nSPS) is 11.5. The molecule has 1 N–H and O–H groups in total. The third-order valence-corrected chi connectivity index (χ3v) is 6.62. The topological polar surface area (TPSA) is 49.4 Å². The molecule has 4 nitrogen and oxygen atoms in total. The lowest BCUT2D eigenvalue weighted by molar-refractivity contribution is -0.141. The van der Waals surface area contributed by atoms with Gasteiger partial charge in [0.05, 0.1) is 6.42 Å². The number of amides is 2. The van der Waals surface area contributed by atoms with Gasteiger partial charge in [-0.25, -0.2) is 0 Å². The molecule has 0 unspecified atom stereocenters. The molecule has 4 rings (SSSR count). The minimum Gasteiger partial charge on any atom is -0.350 e. The van der Waals surface area contributed by atoms with Crippen molar-refractivity contribution in [3.8, 4) is 0 Å². The molecule has 0 aliphatic heterocycles. The molecule has 4 aromatic rings. The van der Waals surface area contributed by atoms with E-state index in [2.05, 4.69) is 5.32 Å². The van der Waals surface area contributed by atoms with E-state index >= 15 is 0 Å². The monoisotopic (exact) mass is 530 g/mol. The van der Waals surface area contributed by atoms with E-state index in [1.54, 1.807) is 29.2 Å². The van der Waals surface area contributed by atoms with Gasteiger partial charge in [0.25, 0.3) is 0 Å². The number of halogens is 2. The number of rotatable bonds is 9. The zero-order valence-electron chi connectivity index (χ0n) is 20.5. The second kappa shape index (κ2) is 12.6. The van der Waals surface area contributed by atoms with Gasteiger partial charge < -0.3 is 10.2 Å². The van der Waals surface area contributed by atoms with Gasteiger partial charge >= 0.3 is 0 Å². The molecule has 0 aliphatic rings. The number of nitrogens with one attached hydrogen (secondary N) is 1. The van der Waals surface area contributed by atoms with Crippen LogP contribution < -0.4 is 5.32 Å². The smallest absolute Gasteiger partial charge is 0.247 e. The molecule has 1 atom stereocenters. The maximum absolute atomic E-state index is 13.8. The summed E-state index contributed by atoms with van der Waals surface area (Å²) >= 11 is 12.1. The van der Waals surface area contributed by atoms with Crippen LogP contribution in [0.15, 0.2) is 103 Å². The van der Waals surface area contributed by atoms with Crippen LogP contribution in [0.2, 0.25) is 10.0 Å². The highest BCUT2D eigenvalue weighted by Gasteiger charge is 2.31. The standard InChI is InChI=1S/C31H28Cl2N2O2/c1-22-7-9-24(10-8-22)20-34-31(37)30(26-5-3-2-4-6-26)35(21-25-13-17-28(33)18-14-25)29(36)19-23-11-15-27(32)16-12-23/h2-18,30H,19-21H2,1H3,(H,34,37)/t30-/m0/s1. The Hall–Kier alpha value is -3.60. The van der Waals surface area contributed by atoms with Crippen LogP contribution in [0.4, 0.5) is 0 Å². The van der Waals surface area contributed by atoms with E-state index in [0.29, 0.717) is 16.6 Å². The Kier molecular flexibility index (Phi) is 8.99. The van der Waals surface area contributed by atoms with Crippen LogP contribution in [0.25, 0.3) is 0 Å². The molecular formula is C31H28Cl2N2O2. The fourth-order valence-corrected chi connectivity index (χ4v) is 4.34. The van der Waals surface area contributed by atoms with Gasteiger partial charge in [-0.15, -0.1) is 0 Å². The van der Waals surface area contributed by atoms with Crippen molar-refractivity contribution in [2.75, 3.05) is 0 Å². The second-order valence-electron chi connectivity index (χ2n) is 8.97. The van der Waals surface area contributed by atoms with E-state index in [4.69, 9.17) is 23.2 Å². The minimum atomic E-state index is -0.817. The minimum absolute atomic E-state index is 0.138. The molecule has 0 aliphatic carbocycles. The Morgan fingerprint density at radius 1 is 0.730 bits per heavy atom. The summed E-state index contributed by atoms with van der Waals surface area (Å²) in [7, 11) is 0. The molecule has 2 amide bonds. The van der Waals surface area contributed by atoms with Crippen molar-refractivity contribution in [2.24, 2.45) is 0 Å². The molecule has 188 valence electrons. The zero-order chi connectivity index (χ0) is 26.2. The molecule has 37 heavy (non-hydrogen) atoms. The number of hydrogen-bond donors (Lipinski definition) is 1. The lowest BCUT2D eigenvalue weighted by atomic mass is 10.0. The first-order chi connectivity index (χ1) is 17.9. The maximum atomic E-state index is 13.8. The summed E-state index contributed by atoms with van der Waals surface area (Å²) in [6, 6.07) is 31.1. The third-order valence-electron chi connectivity index (χ3n) is 6.12. The molecule has 6 heteroatoms. The Morgan fingerprint density at radius 2 is 1.27 bits per heavy atom. The maximum Gasteiger partial charge on any atom is 0.247 e. The van der Waals surface area contributed by atoms with Crippen molar-refractivity contribution in [1.29, 1.82) is 0 Å². The summed E-state index contributed by atoms with van der Waals surface area (Å²) in [4.78, 5) is 29.2. The first-order valence-corrected chi connectivity index (χ1v) is 12.8. The summed E-state index contributed by atoms with van der Waals surface area (Å²) in [6.45, 7) is 2.64. The first kappa shape index (κ1) is 26.5. The highest BCUT2D eigenvalue weighted by atomic mass is 35.5. The fraction of sp³-hybridized carbons (Fsp3) is 0.161. The number of carbonyl (C=O) groups excluding carboxylic acids is 2. The van der Waals surface area contributed by atoms with E-state index in [1.165, 1.54) is 0 Å². The molecule has 0 bridgehead atoms. The number of hydrogen-bond acceptors (Lipinski definition) is 2. The molecule has 0 fully saturated rings. The Bertz CT molecular complexity index is 1320. The number of aryl methyl sites for hydroxylation is 1. The van der Waals surface area contributed by atoms with Crippen LogP contribution in [0, 0.1) is 6.92 Å². The van der Waals surface area contributed by atoms with Crippen LogP contribution in [0.5, 0.6) is 0 Å². The highest BCUT2D eigenvalue weighted by molar-refractivity contribution is 6.30. The predicted octanol–water partition coefficient (Wildman–Crippen LogP) is 6.93. The van der Waals surface area contributed by atoms with Crippen molar-refractivity contribution in [3.63, 3.8) is 0 Å². The van der Waals surface area contributed by atoms with Crippen molar-refractivity contribution < 1.29 is 9.59 Å². The van der Waals surface area contributed by atoms with Crippen molar-refractivity contribution in [2.45, 2.75) is 32.5 Å². The summed E-state index contributed by atoms with van der Waals surface area (Å²) < 4.78 is 0. The van der Waals surface area contributed by atoms with Gasteiger partial charge in [-0.2, -0.15) is 0 Å².